The lowest BCUT2D eigenvalue weighted by molar-refractivity contribution is -0.153. The number of nitriles is 1. The fourth-order valence-corrected chi connectivity index (χ4v) is 5.49. The monoisotopic (exact) mass is 483 g/mol. The molecule has 10 heteroatoms. The Balaban J connectivity index is 1.25. The molecule has 9 nitrogen and oxygen atoms in total. The van der Waals surface area contributed by atoms with Gasteiger partial charge in [0.25, 0.3) is 11.8 Å². The molecule has 3 atom stereocenters. The number of nitrogens with one attached hydrogen (secondary N) is 1. The number of aromatic nitrogens is 1. The molecule has 2 aromatic rings. The van der Waals surface area contributed by atoms with Crippen molar-refractivity contribution in [2.75, 3.05) is 31.1 Å². The molecule has 2 amide bonds. The van der Waals surface area contributed by atoms with E-state index in [2.05, 4.69) is 21.3 Å². The predicted octanol–water partition coefficient (Wildman–Crippen LogP) is 1.43. The number of amides is 2. The average molecular weight is 484 g/mol. The van der Waals surface area contributed by atoms with E-state index in [1.807, 2.05) is 23.6 Å². The molecule has 180 valence electrons. The van der Waals surface area contributed by atoms with Crippen molar-refractivity contribution in [1.82, 2.24) is 15.2 Å². The second-order valence-electron chi connectivity index (χ2n) is 8.75. The summed E-state index contributed by atoms with van der Waals surface area (Å²) >= 11 is 1.44. The maximum absolute atomic E-state index is 12.8. The van der Waals surface area contributed by atoms with Gasteiger partial charge >= 0.3 is 0 Å². The lowest BCUT2D eigenvalue weighted by atomic mass is 9.95. The van der Waals surface area contributed by atoms with Gasteiger partial charge in [-0.3, -0.25) is 9.59 Å². The van der Waals surface area contributed by atoms with Crippen molar-refractivity contribution in [2.45, 2.75) is 43.9 Å². The van der Waals surface area contributed by atoms with Crippen LogP contribution in [-0.4, -0.2) is 70.3 Å². The summed E-state index contributed by atoms with van der Waals surface area (Å²) in [6.45, 7) is 2.34. The van der Waals surface area contributed by atoms with Crippen molar-refractivity contribution >= 4 is 28.8 Å². The number of thiazole rings is 1. The third-order valence-corrected chi connectivity index (χ3v) is 7.51. The molecule has 3 N–H and O–H groups in total. The van der Waals surface area contributed by atoms with Gasteiger partial charge in [0.2, 0.25) is 0 Å². The zero-order valence-corrected chi connectivity index (χ0v) is 19.7. The number of likely N-dealkylation sites (tertiary alicyclic amines) is 1. The van der Waals surface area contributed by atoms with E-state index in [1.165, 1.54) is 16.2 Å². The zero-order chi connectivity index (χ0) is 24.1. The Kier molecular flexibility index (Phi) is 7.77. The SMILES string of the molecule is N#Cc1ccccc1N1CCC(CNC(=O)C(O)C(O)C(=O)N2CCCC2c2nccs2)CC1. The van der Waals surface area contributed by atoms with Gasteiger partial charge in [0.15, 0.2) is 12.2 Å². The normalized spacial score (nSPS) is 20.6. The maximum atomic E-state index is 12.8. The number of aliphatic hydroxyl groups is 2. The van der Waals surface area contributed by atoms with Crippen LogP contribution in [0.5, 0.6) is 0 Å². The average Bonchev–Trinajstić information content (AvgIpc) is 3.58. The van der Waals surface area contributed by atoms with Crippen LogP contribution in [0.1, 0.15) is 42.3 Å². The number of anilines is 1. The van der Waals surface area contributed by atoms with Crippen molar-refractivity contribution in [1.29, 1.82) is 5.26 Å². The Bertz CT molecular complexity index is 1030. The Morgan fingerprint density at radius 1 is 1.18 bits per heavy atom. The summed E-state index contributed by atoms with van der Waals surface area (Å²) in [6.07, 6.45) is 1.19. The highest BCUT2D eigenvalue weighted by atomic mass is 32.1. The molecule has 0 radical (unpaired) electrons. The van der Waals surface area contributed by atoms with Gasteiger partial charge in [0, 0.05) is 37.8 Å². The molecule has 0 bridgehead atoms. The van der Waals surface area contributed by atoms with Crippen molar-refractivity contribution < 1.29 is 19.8 Å². The predicted molar refractivity (Wildman–Crippen MR) is 127 cm³/mol. The number of para-hydroxylation sites is 1. The first-order chi connectivity index (χ1) is 16.5. The van der Waals surface area contributed by atoms with Gasteiger partial charge < -0.3 is 25.3 Å². The summed E-state index contributed by atoms with van der Waals surface area (Å²) in [5.74, 6) is -1.18. The molecule has 0 aliphatic carbocycles. The quantitative estimate of drug-likeness (QED) is 0.543. The molecule has 1 aromatic heterocycles. The van der Waals surface area contributed by atoms with Crippen molar-refractivity contribution in [3.05, 3.63) is 46.4 Å². The highest BCUT2D eigenvalue weighted by Gasteiger charge is 2.39. The number of nitrogens with zero attached hydrogens (tertiary/aromatic N) is 4. The summed E-state index contributed by atoms with van der Waals surface area (Å²) in [6, 6.07) is 9.50. The van der Waals surface area contributed by atoms with Crippen molar-refractivity contribution in [3.8, 4) is 6.07 Å². The first kappa shape index (κ1) is 24.1. The molecular weight excluding hydrogens is 454 g/mol. The van der Waals surface area contributed by atoms with E-state index in [4.69, 9.17) is 0 Å². The number of carbonyl (C=O) groups is 2. The number of hydrogen-bond acceptors (Lipinski definition) is 8. The van der Waals surface area contributed by atoms with Gasteiger partial charge in [0.05, 0.1) is 17.3 Å². The van der Waals surface area contributed by atoms with E-state index in [0.29, 0.717) is 18.7 Å². The van der Waals surface area contributed by atoms with Crippen LogP contribution >= 0.6 is 11.3 Å². The summed E-state index contributed by atoms with van der Waals surface area (Å²) < 4.78 is 0. The van der Waals surface area contributed by atoms with Gasteiger partial charge in [-0.05, 0) is 43.7 Å². The van der Waals surface area contributed by atoms with Gasteiger partial charge in [-0.25, -0.2) is 4.98 Å². The molecule has 2 aliphatic rings. The molecule has 2 fully saturated rings. The van der Waals surface area contributed by atoms with Crippen molar-refractivity contribution in [3.63, 3.8) is 0 Å². The molecule has 4 rings (SSSR count). The van der Waals surface area contributed by atoms with Crippen molar-refractivity contribution in [2.24, 2.45) is 5.92 Å². The minimum atomic E-state index is -1.83. The molecule has 0 spiro atoms. The first-order valence-corrected chi connectivity index (χ1v) is 12.5. The number of carbonyl (C=O) groups excluding carboxylic acids is 2. The summed E-state index contributed by atoms with van der Waals surface area (Å²) in [7, 11) is 0. The maximum Gasteiger partial charge on any atom is 0.255 e. The van der Waals surface area contributed by atoms with Gasteiger partial charge in [0.1, 0.15) is 11.1 Å². The summed E-state index contributed by atoms with van der Waals surface area (Å²) in [5.41, 5.74) is 1.56. The lowest BCUT2D eigenvalue weighted by Gasteiger charge is -2.34. The summed E-state index contributed by atoms with van der Waals surface area (Å²) in [5, 5.41) is 35.4. The molecular formula is C24H29N5O4S. The second-order valence-corrected chi connectivity index (χ2v) is 9.68. The Labute approximate surface area is 202 Å². The Morgan fingerprint density at radius 2 is 1.94 bits per heavy atom. The largest absolute Gasteiger partial charge is 0.380 e. The number of piperidine rings is 1. The number of benzene rings is 1. The number of hydrogen-bond donors (Lipinski definition) is 3. The van der Waals surface area contributed by atoms with Gasteiger partial charge in [-0.1, -0.05) is 12.1 Å². The first-order valence-electron chi connectivity index (χ1n) is 11.6. The van der Waals surface area contributed by atoms with Crippen LogP contribution in [0.4, 0.5) is 5.69 Å². The number of rotatable bonds is 7. The van der Waals surface area contributed by atoms with E-state index in [0.717, 1.165) is 49.5 Å². The van der Waals surface area contributed by atoms with Crippen LogP contribution in [0.2, 0.25) is 0 Å². The second kappa shape index (κ2) is 11.0. The standard InChI is InChI=1S/C24H29N5O4S/c25-14-17-4-1-2-5-18(17)28-11-7-16(8-12-28)15-27-22(32)20(30)21(31)24(33)29-10-3-6-19(29)23-26-9-13-34-23/h1-2,4-5,9,13,16,19-21,30-31H,3,6-8,10-12,15H2,(H,27,32). The van der Waals surface area contributed by atoms with Gasteiger partial charge in [-0.2, -0.15) is 5.26 Å². The highest BCUT2D eigenvalue weighted by molar-refractivity contribution is 7.09. The highest BCUT2D eigenvalue weighted by Crippen LogP contribution is 2.33. The van der Waals surface area contributed by atoms with E-state index < -0.39 is 24.0 Å². The Hall–Kier alpha value is -3.00. The topological polar surface area (TPSA) is 130 Å². The molecule has 34 heavy (non-hydrogen) atoms. The van der Waals surface area contributed by atoms with Crippen LogP contribution in [0.15, 0.2) is 35.8 Å². The van der Waals surface area contributed by atoms with Crippen LogP contribution < -0.4 is 10.2 Å². The summed E-state index contributed by atoms with van der Waals surface area (Å²) in [4.78, 5) is 33.2. The molecule has 3 unspecified atom stereocenters. The minimum absolute atomic E-state index is 0.211. The molecule has 2 aliphatic heterocycles. The van der Waals surface area contributed by atoms with E-state index in [1.54, 1.807) is 12.3 Å². The molecule has 2 saturated heterocycles. The van der Waals surface area contributed by atoms with E-state index in [9.17, 15) is 25.1 Å². The van der Waals surface area contributed by atoms with Gasteiger partial charge in [-0.15, -0.1) is 11.3 Å². The smallest absolute Gasteiger partial charge is 0.255 e. The Morgan fingerprint density at radius 3 is 2.65 bits per heavy atom. The van der Waals surface area contributed by atoms with E-state index >= 15 is 0 Å². The van der Waals surface area contributed by atoms with Crippen LogP contribution in [0.25, 0.3) is 0 Å². The van der Waals surface area contributed by atoms with Crippen LogP contribution in [0, 0.1) is 17.2 Å². The molecule has 3 heterocycles. The molecule has 0 saturated carbocycles. The van der Waals surface area contributed by atoms with E-state index in [-0.39, 0.29) is 12.0 Å². The third-order valence-electron chi connectivity index (χ3n) is 6.64. The van der Waals surface area contributed by atoms with Crippen LogP contribution in [0.3, 0.4) is 0 Å². The fraction of sp³-hybridized carbons (Fsp3) is 0.500. The lowest BCUT2D eigenvalue weighted by Crippen LogP contribution is -2.51. The molecule has 1 aromatic carbocycles. The minimum Gasteiger partial charge on any atom is -0.380 e. The van der Waals surface area contributed by atoms with Crippen LogP contribution in [-0.2, 0) is 9.59 Å². The third kappa shape index (κ3) is 5.22. The number of aliphatic hydroxyl groups excluding tert-OH is 2. The zero-order valence-electron chi connectivity index (χ0n) is 18.8. The fourth-order valence-electron chi connectivity index (χ4n) is 4.71.